The summed E-state index contributed by atoms with van der Waals surface area (Å²) >= 11 is 5.82. The van der Waals surface area contributed by atoms with Crippen LogP contribution in [-0.2, 0) is 6.54 Å². The van der Waals surface area contributed by atoms with Crippen LogP contribution in [0.15, 0.2) is 65.1 Å². The Labute approximate surface area is 151 Å². The van der Waals surface area contributed by atoms with E-state index in [9.17, 15) is 9.50 Å². The zero-order valence-electron chi connectivity index (χ0n) is 13.8. The predicted octanol–water partition coefficient (Wildman–Crippen LogP) is 3.92. The zero-order valence-corrected chi connectivity index (χ0v) is 14.6. The largest absolute Gasteiger partial charge is 0.455 e. The zero-order chi connectivity index (χ0) is 17.8. The summed E-state index contributed by atoms with van der Waals surface area (Å²) in [6.07, 6.45) is -0.550. The second-order valence-corrected chi connectivity index (χ2v) is 6.46. The van der Waals surface area contributed by atoms with Gasteiger partial charge in [0.15, 0.2) is 5.76 Å². The van der Waals surface area contributed by atoms with Gasteiger partial charge in [0, 0.05) is 5.56 Å². The minimum Gasteiger partial charge on any atom is -0.455 e. The predicted molar refractivity (Wildman–Crippen MR) is 95.6 cm³/mol. The number of hydrogen-bond acceptors (Lipinski definition) is 2. The van der Waals surface area contributed by atoms with Crippen molar-refractivity contribution in [3.63, 3.8) is 0 Å². The van der Waals surface area contributed by atoms with Gasteiger partial charge in [-0.15, -0.1) is 0 Å². The summed E-state index contributed by atoms with van der Waals surface area (Å²) in [6, 6.07) is 17.8. The molecule has 0 aliphatic rings. The fourth-order valence-electron chi connectivity index (χ4n) is 2.68. The molecule has 0 radical (unpaired) electrons. The lowest BCUT2D eigenvalue weighted by atomic mass is 10.0. The van der Waals surface area contributed by atoms with E-state index >= 15 is 0 Å². The number of rotatable bonds is 6. The molecule has 1 aromatic heterocycles. The van der Waals surface area contributed by atoms with Gasteiger partial charge in [0.25, 0.3) is 0 Å². The fraction of sp³-hybridized carbons (Fsp3) is 0.200. The molecule has 0 unspecified atom stereocenters. The number of nitrogens with two attached hydrogens (primary N) is 1. The van der Waals surface area contributed by atoms with Gasteiger partial charge in [-0.25, -0.2) is 4.39 Å². The summed E-state index contributed by atoms with van der Waals surface area (Å²) in [4.78, 5) is 0. The molecule has 5 heteroatoms. The number of benzene rings is 2. The SMILES string of the molecule is C[C@H]([NH2+]Cc1ccc(-c2ccc(F)c(Cl)c2)o1)[C@H](O)c1ccccc1. The van der Waals surface area contributed by atoms with Crippen LogP contribution in [0.5, 0.6) is 0 Å². The van der Waals surface area contributed by atoms with Crippen LogP contribution < -0.4 is 5.32 Å². The van der Waals surface area contributed by atoms with E-state index < -0.39 is 11.9 Å². The third kappa shape index (κ3) is 4.28. The van der Waals surface area contributed by atoms with Crippen LogP contribution in [0.4, 0.5) is 4.39 Å². The van der Waals surface area contributed by atoms with Crippen molar-refractivity contribution in [2.45, 2.75) is 25.6 Å². The van der Waals surface area contributed by atoms with Crippen molar-refractivity contribution in [3.05, 3.63) is 82.8 Å². The molecule has 0 amide bonds. The quantitative estimate of drug-likeness (QED) is 0.700. The lowest BCUT2D eigenvalue weighted by Crippen LogP contribution is -2.88. The van der Waals surface area contributed by atoms with E-state index in [1.165, 1.54) is 6.07 Å². The molecular weight excluding hydrogens is 341 g/mol. The Morgan fingerprint density at radius 2 is 1.88 bits per heavy atom. The number of aliphatic hydroxyl groups excluding tert-OH is 1. The number of furan rings is 1. The van der Waals surface area contributed by atoms with E-state index in [2.05, 4.69) is 0 Å². The van der Waals surface area contributed by atoms with Gasteiger partial charge in [-0.1, -0.05) is 41.9 Å². The Kier molecular flexibility index (Phi) is 5.53. The Morgan fingerprint density at radius 3 is 2.60 bits per heavy atom. The van der Waals surface area contributed by atoms with Crippen molar-refractivity contribution >= 4 is 11.6 Å². The molecule has 2 aromatic carbocycles. The third-order valence-electron chi connectivity index (χ3n) is 4.20. The molecule has 0 saturated carbocycles. The van der Waals surface area contributed by atoms with Gasteiger partial charge in [0.2, 0.25) is 0 Å². The lowest BCUT2D eigenvalue weighted by molar-refractivity contribution is -0.710. The molecule has 0 fully saturated rings. The van der Waals surface area contributed by atoms with Crippen LogP contribution in [0.2, 0.25) is 5.02 Å². The number of hydrogen-bond donors (Lipinski definition) is 2. The van der Waals surface area contributed by atoms with Crippen LogP contribution in [0.3, 0.4) is 0 Å². The topological polar surface area (TPSA) is 50.0 Å². The molecule has 0 bridgehead atoms. The molecule has 3 N–H and O–H groups in total. The Hall–Kier alpha value is -2.14. The number of halogens is 2. The summed E-state index contributed by atoms with van der Waals surface area (Å²) in [5.41, 5.74) is 1.63. The summed E-state index contributed by atoms with van der Waals surface area (Å²) in [7, 11) is 0. The standard InChI is InChI=1S/C20H19ClFNO2/c1-13(20(24)14-5-3-2-4-6-14)23-12-16-8-10-19(25-16)15-7-9-18(22)17(21)11-15/h2-11,13,20,23-24H,12H2,1H3/p+1/t13-,20-/m0/s1. The highest BCUT2D eigenvalue weighted by atomic mass is 35.5. The van der Waals surface area contributed by atoms with Gasteiger partial charge in [-0.3, -0.25) is 0 Å². The van der Waals surface area contributed by atoms with Crippen LogP contribution in [0, 0.1) is 5.82 Å². The average molecular weight is 361 g/mol. The molecule has 3 nitrogen and oxygen atoms in total. The van der Waals surface area contributed by atoms with Crippen LogP contribution >= 0.6 is 11.6 Å². The molecule has 2 atom stereocenters. The van der Waals surface area contributed by atoms with E-state index in [4.69, 9.17) is 16.0 Å². The van der Waals surface area contributed by atoms with E-state index in [1.807, 2.05) is 54.7 Å². The first-order chi connectivity index (χ1) is 12.0. The van der Waals surface area contributed by atoms with E-state index in [1.54, 1.807) is 12.1 Å². The van der Waals surface area contributed by atoms with Crippen LogP contribution in [0.1, 0.15) is 24.4 Å². The fourth-order valence-corrected chi connectivity index (χ4v) is 2.86. The normalized spacial score (nSPS) is 13.6. The molecule has 0 saturated heterocycles. The van der Waals surface area contributed by atoms with Gasteiger partial charge in [0.05, 0.1) is 5.02 Å². The maximum Gasteiger partial charge on any atom is 0.158 e. The maximum atomic E-state index is 13.3. The van der Waals surface area contributed by atoms with Crippen molar-refractivity contribution in [2.75, 3.05) is 0 Å². The number of aliphatic hydroxyl groups is 1. The second kappa shape index (κ2) is 7.83. The summed E-state index contributed by atoms with van der Waals surface area (Å²) in [6.45, 7) is 2.57. The molecular formula is C20H20ClFNO2+. The monoisotopic (exact) mass is 360 g/mol. The second-order valence-electron chi connectivity index (χ2n) is 6.05. The first-order valence-electron chi connectivity index (χ1n) is 8.15. The van der Waals surface area contributed by atoms with Crippen LogP contribution in [-0.4, -0.2) is 11.1 Å². The minimum absolute atomic E-state index is 0.0174. The maximum absolute atomic E-state index is 13.3. The Balaban J connectivity index is 1.62. The average Bonchev–Trinajstić information content (AvgIpc) is 3.11. The van der Waals surface area contributed by atoms with E-state index in [0.29, 0.717) is 12.3 Å². The van der Waals surface area contributed by atoms with Crippen molar-refractivity contribution in [3.8, 4) is 11.3 Å². The highest BCUT2D eigenvalue weighted by molar-refractivity contribution is 6.31. The minimum atomic E-state index is -0.550. The molecule has 0 aliphatic carbocycles. The van der Waals surface area contributed by atoms with E-state index in [0.717, 1.165) is 16.9 Å². The number of quaternary nitrogens is 1. The molecule has 1 heterocycles. The van der Waals surface area contributed by atoms with Crippen LogP contribution in [0.25, 0.3) is 11.3 Å². The van der Waals surface area contributed by atoms with Crippen molar-refractivity contribution in [1.29, 1.82) is 0 Å². The summed E-state index contributed by atoms with van der Waals surface area (Å²) in [5, 5.41) is 12.5. The van der Waals surface area contributed by atoms with Gasteiger partial charge in [0.1, 0.15) is 30.3 Å². The molecule has 3 rings (SSSR count). The molecule has 0 aliphatic heterocycles. The highest BCUT2D eigenvalue weighted by Crippen LogP contribution is 2.26. The summed E-state index contributed by atoms with van der Waals surface area (Å²) in [5.74, 6) is 0.971. The van der Waals surface area contributed by atoms with Gasteiger partial charge >= 0.3 is 0 Å². The molecule has 0 spiro atoms. The third-order valence-corrected chi connectivity index (χ3v) is 4.49. The molecule has 130 valence electrons. The lowest BCUT2D eigenvalue weighted by Gasteiger charge is -2.17. The summed E-state index contributed by atoms with van der Waals surface area (Å²) < 4.78 is 19.1. The van der Waals surface area contributed by atoms with E-state index in [-0.39, 0.29) is 11.1 Å². The van der Waals surface area contributed by atoms with Crippen molar-refractivity contribution < 1.29 is 19.2 Å². The van der Waals surface area contributed by atoms with Gasteiger partial charge in [-0.2, -0.15) is 0 Å². The highest BCUT2D eigenvalue weighted by Gasteiger charge is 2.19. The first kappa shape index (κ1) is 17.7. The van der Waals surface area contributed by atoms with Crippen molar-refractivity contribution in [1.82, 2.24) is 0 Å². The smallest absolute Gasteiger partial charge is 0.158 e. The Morgan fingerprint density at radius 1 is 1.12 bits per heavy atom. The van der Waals surface area contributed by atoms with Gasteiger partial charge in [-0.05, 0) is 42.8 Å². The molecule has 3 aromatic rings. The first-order valence-corrected chi connectivity index (χ1v) is 8.53. The van der Waals surface area contributed by atoms with Gasteiger partial charge < -0.3 is 14.8 Å². The van der Waals surface area contributed by atoms with Crippen molar-refractivity contribution in [2.24, 2.45) is 0 Å². The molecule has 25 heavy (non-hydrogen) atoms. The Bertz CT molecular complexity index is 835.